The average molecular weight is 533 g/mol. The SMILES string of the molecule is Oc1c(I)cc(I)cc1/C=N\N1CCN(c2ccccc2)CC1. The van der Waals surface area contributed by atoms with E-state index in [1.807, 2.05) is 18.2 Å². The van der Waals surface area contributed by atoms with Crippen molar-refractivity contribution in [3.8, 4) is 5.75 Å². The fourth-order valence-electron chi connectivity index (χ4n) is 2.54. The molecule has 0 bridgehead atoms. The molecule has 1 heterocycles. The van der Waals surface area contributed by atoms with Crippen molar-refractivity contribution in [3.63, 3.8) is 0 Å². The van der Waals surface area contributed by atoms with Crippen LogP contribution >= 0.6 is 45.2 Å². The summed E-state index contributed by atoms with van der Waals surface area (Å²) >= 11 is 4.40. The standard InChI is InChI=1S/C17H17I2N3O/c18-14-10-13(17(23)16(19)11-14)12-20-22-8-6-21(7-9-22)15-4-2-1-3-5-15/h1-5,10-12,23H,6-9H2/b20-12-. The van der Waals surface area contributed by atoms with Gasteiger partial charge in [-0.15, -0.1) is 0 Å². The van der Waals surface area contributed by atoms with Gasteiger partial charge in [0.15, 0.2) is 0 Å². The maximum Gasteiger partial charge on any atom is 0.137 e. The van der Waals surface area contributed by atoms with Crippen LogP contribution in [0.5, 0.6) is 5.75 Å². The molecule has 1 aliphatic heterocycles. The van der Waals surface area contributed by atoms with Crippen molar-refractivity contribution in [1.29, 1.82) is 0 Å². The van der Waals surface area contributed by atoms with Crippen LogP contribution in [0.1, 0.15) is 5.56 Å². The predicted octanol–water partition coefficient (Wildman–Crippen LogP) is 3.76. The smallest absolute Gasteiger partial charge is 0.137 e. The lowest BCUT2D eigenvalue weighted by Gasteiger charge is -2.34. The van der Waals surface area contributed by atoms with Crippen molar-refractivity contribution in [2.45, 2.75) is 0 Å². The van der Waals surface area contributed by atoms with Gasteiger partial charge in [-0.25, -0.2) is 0 Å². The van der Waals surface area contributed by atoms with Gasteiger partial charge < -0.3 is 10.0 Å². The van der Waals surface area contributed by atoms with Gasteiger partial charge >= 0.3 is 0 Å². The highest BCUT2D eigenvalue weighted by Crippen LogP contribution is 2.26. The molecule has 0 radical (unpaired) electrons. The highest BCUT2D eigenvalue weighted by atomic mass is 127. The summed E-state index contributed by atoms with van der Waals surface area (Å²) in [6, 6.07) is 14.4. The van der Waals surface area contributed by atoms with Gasteiger partial charge in [0.05, 0.1) is 22.9 Å². The van der Waals surface area contributed by atoms with Gasteiger partial charge in [-0.1, -0.05) is 18.2 Å². The van der Waals surface area contributed by atoms with Crippen molar-refractivity contribution < 1.29 is 5.11 Å². The van der Waals surface area contributed by atoms with E-state index >= 15 is 0 Å². The Bertz CT molecular complexity index is 698. The minimum absolute atomic E-state index is 0.303. The van der Waals surface area contributed by atoms with E-state index in [-0.39, 0.29) is 0 Å². The van der Waals surface area contributed by atoms with Crippen LogP contribution in [-0.4, -0.2) is 42.5 Å². The van der Waals surface area contributed by atoms with E-state index < -0.39 is 0 Å². The van der Waals surface area contributed by atoms with Crippen molar-refractivity contribution in [2.75, 3.05) is 31.1 Å². The van der Waals surface area contributed by atoms with Crippen LogP contribution in [0.15, 0.2) is 47.6 Å². The number of halogens is 2. The zero-order chi connectivity index (χ0) is 16.2. The molecule has 1 fully saturated rings. The predicted molar refractivity (Wildman–Crippen MR) is 111 cm³/mol. The summed E-state index contributed by atoms with van der Waals surface area (Å²) in [7, 11) is 0. The average Bonchev–Trinajstić information content (AvgIpc) is 2.58. The number of nitrogens with zero attached hydrogens (tertiary/aromatic N) is 3. The molecular formula is C17H17I2N3O. The molecule has 2 aromatic rings. The number of phenolic OH excluding ortho intramolecular Hbond substituents is 1. The van der Waals surface area contributed by atoms with Crippen LogP contribution in [0.3, 0.4) is 0 Å². The molecule has 1 saturated heterocycles. The molecule has 0 aromatic heterocycles. The number of phenols is 1. The van der Waals surface area contributed by atoms with Gasteiger partial charge in [0.25, 0.3) is 0 Å². The minimum atomic E-state index is 0.303. The second-order valence-electron chi connectivity index (χ2n) is 5.35. The highest BCUT2D eigenvalue weighted by molar-refractivity contribution is 14.1. The Hall–Kier alpha value is -1.03. The normalized spacial score (nSPS) is 15.4. The number of piperazine rings is 1. The summed E-state index contributed by atoms with van der Waals surface area (Å²) < 4.78 is 1.95. The van der Waals surface area contributed by atoms with Crippen LogP contribution in [-0.2, 0) is 0 Å². The van der Waals surface area contributed by atoms with E-state index in [1.165, 1.54) is 5.69 Å². The first-order valence-electron chi connectivity index (χ1n) is 7.40. The van der Waals surface area contributed by atoms with E-state index in [2.05, 4.69) is 84.5 Å². The molecule has 4 nitrogen and oxygen atoms in total. The Kier molecular flexibility index (Phi) is 5.62. The van der Waals surface area contributed by atoms with E-state index in [1.54, 1.807) is 6.21 Å². The Labute approximate surface area is 163 Å². The van der Waals surface area contributed by atoms with Crippen LogP contribution in [0.25, 0.3) is 0 Å². The number of aromatic hydroxyl groups is 1. The van der Waals surface area contributed by atoms with Crippen LogP contribution in [0.2, 0.25) is 0 Å². The lowest BCUT2D eigenvalue weighted by molar-refractivity contribution is 0.272. The fraction of sp³-hybridized carbons (Fsp3) is 0.235. The van der Waals surface area contributed by atoms with Gasteiger partial charge in [-0.05, 0) is 69.4 Å². The molecule has 3 rings (SSSR count). The Morgan fingerprint density at radius 1 is 1.00 bits per heavy atom. The third-order valence-corrected chi connectivity index (χ3v) is 5.24. The maximum atomic E-state index is 10.1. The summed E-state index contributed by atoms with van der Waals surface area (Å²) in [4.78, 5) is 2.37. The van der Waals surface area contributed by atoms with Crippen molar-refractivity contribution >= 4 is 57.1 Å². The molecule has 0 atom stereocenters. The second-order valence-corrected chi connectivity index (χ2v) is 7.75. The molecule has 1 aliphatic rings. The lowest BCUT2D eigenvalue weighted by Crippen LogP contribution is -2.44. The number of para-hydroxylation sites is 1. The van der Waals surface area contributed by atoms with Gasteiger partial charge in [0.1, 0.15) is 5.75 Å². The minimum Gasteiger partial charge on any atom is -0.506 e. The molecule has 0 spiro atoms. The zero-order valence-electron chi connectivity index (χ0n) is 12.5. The molecular weight excluding hydrogens is 516 g/mol. The highest BCUT2D eigenvalue weighted by Gasteiger charge is 2.15. The molecule has 2 aromatic carbocycles. The van der Waals surface area contributed by atoms with Crippen LogP contribution in [0.4, 0.5) is 5.69 Å². The molecule has 0 unspecified atom stereocenters. The molecule has 120 valence electrons. The molecule has 23 heavy (non-hydrogen) atoms. The number of hydrogen-bond acceptors (Lipinski definition) is 4. The molecule has 1 N–H and O–H groups in total. The first kappa shape index (κ1) is 16.8. The third kappa shape index (κ3) is 4.28. The fourth-order valence-corrected chi connectivity index (χ4v) is 4.43. The Balaban J connectivity index is 1.63. The van der Waals surface area contributed by atoms with Crippen molar-refractivity contribution in [1.82, 2.24) is 5.01 Å². The number of rotatable bonds is 3. The van der Waals surface area contributed by atoms with Gasteiger partial charge in [0, 0.05) is 27.9 Å². The Morgan fingerprint density at radius 3 is 2.39 bits per heavy atom. The summed E-state index contributed by atoms with van der Waals surface area (Å²) in [6.45, 7) is 3.68. The summed E-state index contributed by atoms with van der Waals surface area (Å²) in [6.07, 6.45) is 1.76. The van der Waals surface area contributed by atoms with E-state index in [9.17, 15) is 5.11 Å². The molecule has 0 saturated carbocycles. The summed E-state index contributed by atoms with van der Waals surface area (Å²) in [5.74, 6) is 0.303. The number of benzene rings is 2. The second kappa shape index (κ2) is 7.69. The molecule has 6 heteroatoms. The number of hydrazone groups is 1. The third-order valence-electron chi connectivity index (χ3n) is 3.80. The lowest BCUT2D eigenvalue weighted by atomic mass is 10.2. The van der Waals surface area contributed by atoms with Crippen LogP contribution < -0.4 is 4.90 Å². The number of hydrogen-bond donors (Lipinski definition) is 1. The largest absolute Gasteiger partial charge is 0.506 e. The van der Waals surface area contributed by atoms with E-state index in [0.29, 0.717) is 5.75 Å². The van der Waals surface area contributed by atoms with Crippen molar-refractivity contribution in [2.24, 2.45) is 5.10 Å². The van der Waals surface area contributed by atoms with E-state index in [4.69, 9.17) is 0 Å². The summed E-state index contributed by atoms with van der Waals surface area (Å²) in [5, 5.41) is 16.7. The zero-order valence-corrected chi connectivity index (χ0v) is 16.8. The van der Waals surface area contributed by atoms with E-state index in [0.717, 1.165) is 38.9 Å². The first-order chi connectivity index (χ1) is 11.1. The van der Waals surface area contributed by atoms with Crippen molar-refractivity contribution in [3.05, 3.63) is 55.2 Å². The van der Waals surface area contributed by atoms with Gasteiger partial charge in [-0.3, -0.25) is 5.01 Å². The van der Waals surface area contributed by atoms with Gasteiger partial charge in [-0.2, -0.15) is 5.10 Å². The Morgan fingerprint density at radius 2 is 1.70 bits per heavy atom. The van der Waals surface area contributed by atoms with Gasteiger partial charge in [0.2, 0.25) is 0 Å². The monoisotopic (exact) mass is 533 g/mol. The summed E-state index contributed by atoms with van der Waals surface area (Å²) in [5.41, 5.74) is 2.03. The quantitative estimate of drug-likeness (QED) is 0.483. The number of anilines is 1. The van der Waals surface area contributed by atoms with Crippen LogP contribution in [0, 0.1) is 7.14 Å². The molecule has 0 amide bonds. The maximum absolute atomic E-state index is 10.1. The first-order valence-corrected chi connectivity index (χ1v) is 9.56. The topological polar surface area (TPSA) is 39.1 Å². The molecule has 0 aliphatic carbocycles.